The molecule has 2 aromatic rings. The van der Waals surface area contributed by atoms with Gasteiger partial charge in [0.25, 0.3) is 0 Å². The van der Waals surface area contributed by atoms with E-state index in [1.165, 1.54) is 10.8 Å². The van der Waals surface area contributed by atoms with Gasteiger partial charge in [0.2, 0.25) is 5.43 Å². The summed E-state index contributed by atoms with van der Waals surface area (Å²) in [5, 5.41) is 9.08. The Morgan fingerprint density at radius 2 is 2.04 bits per heavy atom. The molecule has 1 aliphatic carbocycles. The Balaban J connectivity index is 1.73. The summed E-state index contributed by atoms with van der Waals surface area (Å²) in [6, 6.07) is 1.19. The number of anilines is 1. The molecule has 8 heteroatoms. The number of pyridine rings is 1. The lowest BCUT2D eigenvalue weighted by Crippen LogP contribution is -2.33. The standard InChI is InChI=1S/C19H19F2N3O3/c1-19-8-23(7-13(19)22(19)2)16-12(20)5-10-15(14(16)21)24(9-3-4-9)6-11(17(10)25)18(26)27/h5-6,9,13H,3-4,7-8H2,1-2H3,(H,26,27). The van der Waals surface area contributed by atoms with E-state index in [0.717, 1.165) is 18.9 Å². The summed E-state index contributed by atoms with van der Waals surface area (Å²) in [6.45, 7) is 3.09. The zero-order valence-corrected chi connectivity index (χ0v) is 15.0. The molecule has 2 saturated heterocycles. The number of aromatic carboxylic acids is 1. The van der Waals surface area contributed by atoms with Crippen LogP contribution in [-0.2, 0) is 0 Å². The number of aromatic nitrogens is 1. The van der Waals surface area contributed by atoms with E-state index in [0.29, 0.717) is 13.1 Å². The third kappa shape index (κ3) is 2.13. The largest absolute Gasteiger partial charge is 0.477 e. The Labute approximate surface area is 153 Å². The molecule has 1 N–H and O–H groups in total. The van der Waals surface area contributed by atoms with E-state index in [1.807, 2.05) is 7.05 Å². The molecule has 1 aromatic heterocycles. The molecule has 3 heterocycles. The molecule has 0 radical (unpaired) electrons. The van der Waals surface area contributed by atoms with E-state index >= 15 is 4.39 Å². The zero-order chi connectivity index (χ0) is 19.2. The second-order valence-electron chi connectivity index (χ2n) is 8.10. The lowest BCUT2D eigenvalue weighted by Gasteiger charge is -2.26. The van der Waals surface area contributed by atoms with Gasteiger partial charge >= 0.3 is 5.97 Å². The van der Waals surface area contributed by atoms with Crippen LogP contribution in [0.25, 0.3) is 10.9 Å². The molecule has 27 heavy (non-hydrogen) atoms. The van der Waals surface area contributed by atoms with Crippen molar-refractivity contribution in [3.63, 3.8) is 0 Å². The Kier molecular flexibility index (Phi) is 3.13. The lowest BCUT2D eigenvalue weighted by molar-refractivity contribution is 0.0695. The second kappa shape index (κ2) is 5.07. The molecule has 3 atom stereocenters. The van der Waals surface area contributed by atoms with E-state index < -0.39 is 28.6 Å². The van der Waals surface area contributed by atoms with Crippen LogP contribution in [0, 0.1) is 11.6 Å². The molecule has 3 unspecified atom stereocenters. The highest BCUT2D eigenvalue weighted by Gasteiger charge is 2.62. The maximum absolute atomic E-state index is 15.5. The minimum Gasteiger partial charge on any atom is -0.477 e. The van der Waals surface area contributed by atoms with Crippen molar-refractivity contribution in [3.8, 4) is 0 Å². The number of benzene rings is 1. The van der Waals surface area contributed by atoms with Crippen LogP contribution in [0.15, 0.2) is 17.1 Å². The summed E-state index contributed by atoms with van der Waals surface area (Å²) < 4.78 is 31.9. The summed E-state index contributed by atoms with van der Waals surface area (Å²) in [6.07, 6.45) is 2.75. The van der Waals surface area contributed by atoms with Gasteiger partial charge in [-0.3, -0.25) is 9.69 Å². The van der Waals surface area contributed by atoms with Crippen molar-refractivity contribution in [2.75, 3.05) is 25.0 Å². The lowest BCUT2D eigenvalue weighted by atomic mass is 10.1. The number of hydrogen-bond donors (Lipinski definition) is 1. The van der Waals surface area contributed by atoms with Gasteiger partial charge in [-0.15, -0.1) is 0 Å². The van der Waals surface area contributed by atoms with Crippen LogP contribution >= 0.6 is 0 Å². The second-order valence-corrected chi connectivity index (χ2v) is 8.10. The monoisotopic (exact) mass is 375 g/mol. The van der Waals surface area contributed by atoms with Gasteiger partial charge in [-0.05, 0) is 32.9 Å². The van der Waals surface area contributed by atoms with Gasteiger partial charge in [0, 0.05) is 31.4 Å². The summed E-state index contributed by atoms with van der Waals surface area (Å²) in [4.78, 5) is 27.8. The van der Waals surface area contributed by atoms with E-state index in [1.54, 1.807) is 4.90 Å². The summed E-state index contributed by atoms with van der Waals surface area (Å²) in [5.74, 6) is -3.00. The van der Waals surface area contributed by atoms with Crippen molar-refractivity contribution in [1.29, 1.82) is 0 Å². The number of fused-ring (bicyclic) bond motifs is 2. The van der Waals surface area contributed by atoms with Crippen molar-refractivity contribution < 1.29 is 18.7 Å². The SMILES string of the molecule is CN1C2CN(c3c(F)cc4c(=O)c(C(=O)O)cn(C5CC5)c4c3F)CC21C. The minimum atomic E-state index is -1.39. The fourth-order valence-electron chi connectivity index (χ4n) is 4.57. The number of halogens is 2. The van der Waals surface area contributed by atoms with Crippen LogP contribution in [0.4, 0.5) is 14.5 Å². The molecule has 1 saturated carbocycles. The highest BCUT2D eigenvalue weighted by Crippen LogP contribution is 2.48. The van der Waals surface area contributed by atoms with Crippen LogP contribution in [0.3, 0.4) is 0 Å². The topological polar surface area (TPSA) is 65.6 Å². The highest BCUT2D eigenvalue weighted by molar-refractivity contribution is 5.94. The Bertz CT molecular complexity index is 1080. The third-order valence-electron chi connectivity index (χ3n) is 6.50. The van der Waals surface area contributed by atoms with Gasteiger partial charge in [-0.1, -0.05) is 0 Å². The number of carboxylic acids is 1. The fourth-order valence-corrected chi connectivity index (χ4v) is 4.57. The molecule has 0 amide bonds. The predicted octanol–water partition coefficient (Wildman–Crippen LogP) is 2.21. The molecular weight excluding hydrogens is 356 g/mol. The van der Waals surface area contributed by atoms with E-state index in [4.69, 9.17) is 0 Å². The molecule has 6 nitrogen and oxygen atoms in total. The van der Waals surface area contributed by atoms with E-state index in [9.17, 15) is 19.1 Å². The number of carbonyl (C=O) groups is 1. The maximum Gasteiger partial charge on any atom is 0.341 e. The number of likely N-dealkylation sites (N-methyl/N-ethyl adjacent to an activating group) is 1. The minimum absolute atomic E-state index is 0.00276. The number of rotatable bonds is 3. The van der Waals surface area contributed by atoms with E-state index in [2.05, 4.69) is 11.8 Å². The average molecular weight is 375 g/mol. The quantitative estimate of drug-likeness (QED) is 0.834. The zero-order valence-electron chi connectivity index (χ0n) is 15.0. The van der Waals surface area contributed by atoms with Crippen LogP contribution < -0.4 is 10.3 Å². The molecule has 0 bridgehead atoms. The molecule has 3 aliphatic rings. The van der Waals surface area contributed by atoms with Gasteiger partial charge in [-0.2, -0.15) is 0 Å². The van der Waals surface area contributed by atoms with Crippen LogP contribution in [-0.4, -0.2) is 52.3 Å². The van der Waals surface area contributed by atoms with E-state index in [-0.39, 0.29) is 34.2 Å². The first kappa shape index (κ1) is 16.7. The molecule has 3 fully saturated rings. The number of carboxylic acid groups (broad SMARTS) is 1. The molecule has 2 aliphatic heterocycles. The average Bonchev–Trinajstić information content (AvgIpc) is 3.48. The van der Waals surface area contributed by atoms with Crippen molar-refractivity contribution >= 4 is 22.6 Å². The molecular formula is C19H19F2N3O3. The third-order valence-corrected chi connectivity index (χ3v) is 6.50. The van der Waals surface area contributed by atoms with Gasteiger partial charge in [-0.25, -0.2) is 13.6 Å². The Hall–Kier alpha value is -2.48. The highest BCUT2D eigenvalue weighted by atomic mass is 19.1. The van der Waals surface area contributed by atoms with Gasteiger partial charge in [0.05, 0.1) is 16.4 Å². The first-order valence-corrected chi connectivity index (χ1v) is 9.02. The first-order valence-electron chi connectivity index (χ1n) is 9.02. The fraction of sp³-hybridized carbons (Fsp3) is 0.474. The summed E-state index contributed by atoms with van der Waals surface area (Å²) >= 11 is 0. The predicted molar refractivity (Wildman–Crippen MR) is 95.5 cm³/mol. The number of piperazine rings is 1. The molecule has 0 spiro atoms. The summed E-state index contributed by atoms with van der Waals surface area (Å²) in [7, 11) is 1.99. The van der Waals surface area contributed by atoms with Gasteiger partial charge in [0.1, 0.15) is 17.1 Å². The maximum atomic E-state index is 15.5. The normalized spacial score (nSPS) is 29.3. The Morgan fingerprint density at radius 3 is 2.59 bits per heavy atom. The molecule has 5 rings (SSSR count). The van der Waals surface area contributed by atoms with Gasteiger partial charge < -0.3 is 14.6 Å². The summed E-state index contributed by atoms with van der Waals surface area (Å²) in [5.41, 5.74) is -1.52. The van der Waals surface area contributed by atoms with Crippen molar-refractivity contribution in [1.82, 2.24) is 9.47 Å². The smallest absolute Gasteiger partial charge is 0.341 e. The van der Waals surface area contributed by atoms with Crippen LogP contribution in [0.5, 0.6) is 0 Å². The number of hydrogen-bond acceptors (Lipinski definition) is 4. The Morgan fingerprint density at radius 1 is 1.33 bits per heavy atom. The van der Waals surface area contributed by atoms with Crippen molar-refractivity contribution in [2.45, 2.75) is 37.4 Å². The molecule has 142 valence electrons. The van der Waals surface area contributed by atoms with Crippen LogP contribution in [0.2, 0.25) is 0 Å². The van der Waals surface area contributed by atoms with Crippen LogP contribution in [0.1, 0.15) is 36.2 Å². The molecule has 1 aromatic carbocycles. The number of nitrogens with zero attached hydrogens (tertiary/aromatic N) is 3. The first-order chi connectivity index (χ1) is 12.7. The van der Waals surface area contributed by atoms with Crippen molar-refractivity contribution in [2.24, 2.45) is 0 Å². The van der Waals surface area contributed by atoms with Crippen molar-refractivity contribution in [3.05, 3.63) is 39.7 Å². The van der Waals surface area contributed by atoms with Gasteiger partial charge in [0.15, 0.2) is 5.82 Å².